The fourth-order valence-corrected chi connectivity index (χ4v) is 2.88. The quantitative estimate of drug-likeness (QED) is 0.333. The van der Waals surface area contributed by atoms with Gasteiger partial charge in [-0.15, -0.1) is 0 Å². The van der Waals surface area contributed by atoms with Gasteiger partial charge in [0.1, 0.15) is 5.82 Å². The van der Waals surface area contributed by atoms with Gasteiger partial charge < -0.3 is 15.1 Å². The van der Waals surface area contributed by atoms with E-state index in [4.69, 9.17) is 4.42 Å². The number of nitrogens with zero attached hydrogens (tertiary/aromatic N) is 1. The predicted octanol–water partition coefficient (Wildman–Crippen LogP) is 3.75. The van der Waals surface area contributed by atoms with Gasteiger partial charge in [-0.05, 0) is 36.4 Å². The molecule has 2 aromatic carbocycles. The van der Waals surface area contributed by atoms with E-state index < -0.39 is 41.5 Å². The van der Waals surface area contributed by atoms with Gasteiger partial charge in [0, 0.05) is 5.56 Å². The molecule has 0 bridgehead atoms. The minimum absolute atomic E-state index is 0.129. The Morgan fingerprint density at radius 1 is 0.967 bits per heavy atom. The molecule has 1 aromatic heterocycles. The summed E-state index contributed by atoms with van der Waals surface area (Å²) in [5.41, 5.74) is 0.0666. The summed E-state index contributed by atoms with van der Waals surface area (Å²) in [6.45, 7) is -0.510. The Bertz CT molecular complexity index is 1070. The van der Waals surface area contributed by atoms with Crippen LogP contribution in [0.25, 0.3) is 11.3 Å². The molecule has 1 heterocycles. The second kappa shape index (κ2) is 9.44. The van der Waals surface area contributed by atoms with Crippen LogP contribution in [0.3, 0.4) is 0 Å². The molecule has 11 heteroatoms. The lowest BCUT2D eigenvalue weighted by Crippen LogP contribution is -2.34. The number of halogens is 4. The number of benzene rings is 2. The van der Waals surface area contributed by atoms with E-state index in [1.54, 1.807) is 0 Å². The zero-order valence-corrected chi connectivity index (χ0v) is 15.9. The average Bonchev–Trinajstić information content (AvgIpc) is 3.21. The predicted molar refractivity (Wildman–Crippen MR) is 101 cm³/mol. The van der Waals surface area contributed by atoms with E-state index in [1.807, 2.05) is 5.32 Å². The van der Waals surface area contributed by atoms with Crippen molar-refractivity contribution >= 4 is 29.3 Å². The summed E-state index contributed by atoms with van der Waals surface area (Å²) < 4.78 is 57.9. The van der Waals surface area contributed by atoms with Crippen LogP contribution in [0.4, 0.5) is 23.2 Å². The summed E-state index contributed by atoms with van der Waals surface area (Å²) >= 11 is 0.962. The molecule has 0 saturated carbocycles. The van der Waals surface area contributed by atoms with Crippen molar-refractivity contribution in [1.29, 1.82) is 0 Å². The number of hydrogen-bond acceptors (Lipinski definition) is 5. The Hall–Kier alpha value is -3.34. The van der Waals surface area contributed by atoms with Gasteiger partial charge >= 0.3 is 0 Å². The number of hydrogen-bond donors (Lipinski definition) is 2. The van der Waals surface area contributed by atoms with E-state index >= 15 is 0 Å². The average molecular weight is 439 g/mol. The lowest BCUT2D eigenvalue weighted by Gasteiger charge is -2.08. The first-order chi connectivity index (χ1) is 14.3. The van der Waals surface area contributed by atoms with Crippen LogP contribution >= 0.6 is 11.8 Å². The zero-order valence-electron chi connectivity index (χ0n) is 15.0. The van der Waals surface area contributed by atoms with E-state index in [0.29, 0.717) is 17.4 Å². The van der Waals surface area contributed by atoms with Gasteiger partial charge in [-0.1, -0.05) is 11.8 Å². The van der Waals surface area contributed by atoms with Crippen molar-refractivity contribution in [2.75, 3.05) is 17.6 Å². The van der Waals surface area contributed by atoms with Crippen LogP contribution in [0.15, 0.2) is 52.2 Å². The second-order valence-corrected chi connectivity index (χ2v) is 6.76. The van der Waals surface area contributed by atoms with Crippen molar-refractivity contribution in [1.82, 2.24) is 10.3 Å². The highest BCUT2D eigenvalue weighted by molar-refractivity contribution is 7.99. The fourth-order valence-electron chi connectivity index (χ4n) is 2.25. The van der Waals surface area contributed by atoms with Crippen LogP contribution in [-0.2, 0) is 9.59 Å². The number of oxazole rings is 1. The third kappa shape index (κ3) is 5.38. The third-order valence-corrected chi connectivity index (χ3v) is 4.54. The summed E-state index contributed by atoms with van der Waals surface area (Å²) in [6.07, 6.45) is 1.43. The lowest BCUT2D eigenvalue weighted by molar-refractivity contribution is -0.122. The van der Waals surface area contributed by atoms with E-state index in [0.717, 1.165) is 17.8 Å². The molecule has 0 aliphatic carbocycles. The first-order valence-corrected chi connectivity index (χ1v) is 9.36. The number of carbonyl (C=O) groups is 2. The first kappa shape index (κ1) is 21.4. The maximum absolute atomic E-state index is 13.5. The van der Waals surface area contributed by atoms with Crippen LogP contribution in [0.1, 0.15) is 0 Å². The smallest absolute Gasteiger partial charge is 0.256 e. The van der Waals surface area contributed by atoms with E-state index in [-0.39, 0.29) is 16.8 Å². The molecule has 6 nitrogen and oxygen atoms in total. The molecule has 30 heavy (non-hydrogen) atoms. The van der Waals surface area contributed by atoms with Crippen LogP contribution in [0.2, 0.25) is 0 Å². The highest BCUT2D eigenvalue weighted by atomic mass is 32.2. The standard InChI is InChI=1S/C19H13F4N3O3S/c20-11-3-1-10(2-4-11)14-7-25-19(29-14)30-9-16(28)24-8-15(27)26-13-6-5-12(21)17(22)18(13)23/h1-7H,8-9H2,(H,24,28)(H,26,27). The summed E-state index contributed by atoms with van der Waals surface area (Å²) in [4.78, 5) is 27.6. The fraction of sp³-hybridized carbons (Fsp3) is 0.105. The molecule has 156 valence electrons. The summed E-state index contributed by atoms with van der Waals surface area (Å²) in [5, 5.41) is 4.52. The van der Waals surface area contributed by atoms with Crippen molar-refractivity contribution in [3.8, 4) is 11.3 Å². The molecule has 0 spiro atoms. The van der Waals surface area contributed by atoms with E-state index in [1.165, 1.54) is 30.5 Å². The summed E-state index contributed by atoms with van der Waals surface area (Å²) in [5.74, 6) is -6.12. The van der Waals surface area contributed by atoms with Crippen LogP contribution < -0.4 is 10.6 Å². The minimum Gasteiger partial charge on any atom is -0.431 e. The lowest BCUT2D eigenvalue weighted by atomic mass is 10.2. The summed E-state index contributed by atoms with van der Waals surface area (Å²) in [6, 6.07) is 7.12. The van der Waals surface area contributed by atoms with Crippen LogP contribution in [-0.4, -0.2) is 29.1 Å². The molecule has 3 aromatic rings. The number of rotatable bonds is 7. The highest BCUT2D eigenvalue weighted by Gasteiger charge is 2.16. The maximum Gasteiger partial charge on any atom is 0.256 e. The van der Waals surface area contributed by atoms with Crippen molar-refractivity contribution in [3.63, 3.8) is 0 Å². The van der Waals surface area contributed by atoms with Gasteiger partial charge in [-0.2, -0.15) is 0 Å². The van der Waals surface area contributed by atoms with Gasteiger partial charge in [0.05, 0.1) is 24.2 Å². The van der Waals surface area contributed by atoms with Crippen LogP contribution in [0.5, 0.6) is 0 Å². The molecule has 0 atom stereocenters. The molecule has 0 unspecified atom stereocenters. The van der Waals surface area contributed by atoms with Gasteiger partial charge in [-0.25, -0.2) is 22.5 Å². The SMILES string of the molecule is O=C(CSc1ncc(-c2ccc(F)cc2)o1)NCC(=O)Nc1ccc(F)c(F)c1F. The largest absolute Gasteiger partial charge is 0.431 e. The zero-order chi connectivity index (χ0) is 21.7. The Kier molecular flexibility index (Phi) is 6.72. The Morgan fingerprint density at radius 2 is 1.70 bits per heavy atom. The van der Waals surface area contributed by atoms with E-state index in [9.17, 15) is 27.2 Å². The molecule has 2 N–H and O–H groups in total. The van der Waals surface area contributed by atoms with Crippen molar-refractivity contribution in [2.45, 2.75) is 5.22 Å². The number of nitrogens with one attached hydrogen (secondary N) is 2. The molecule has 0 saturated heterocycles. The van der Waals surface area contributed by atoms with Gasteiger partial charge in [0.25, 0.3) is 5.22 Å². The molecule has 2 amide bonds. The molecule has 0 fully saturated rings. The van der Waals surface area contributed by atoms with Crippen molar-refractivity contribution < 1.29 is 31.6 Å². The highest BCUT2D eigenvalue weighted by Crippen LogP contribution is 2.25. The van der Waals surface area contributed by atoms with Gasteiger partial charge in [0.2, 0.25) is 11.8 Å². The monoisotopic (exact) mass is 439 g/mol. The Balaban J connectivity index is 1.45. The Labute approximate surface area is 171 Å². The van der Waals surface area contributed by atoms with Gasteiger partial charge in [-0.3, -0.25) is 9.59 Å². The van der Waals surface area contributed by atoms with Crippen LogP contribution in [0, 0.1) is 23.3 Å². The van der Waals surface area contributed by atoms with Crippen molar-refractivity contribution in [2.24, 2.45) is 0 Å². The van der Waals surface area contributed by atoms with E-state index in [2.05, 4.69) is 10.3 Å². The first-order valence-electron chi connectivity index (χ1n) is 8.38. The molecule has 0 radical (unpaired) electrons. The number of aromatic nitrogens is 1. The molecular weight excluding hydrogens is 426 g/mol. The molecule has 3 rings (SSSR count). The van der Waals surface area contributed by atoms with Gasteiger partial charge in [0.15, 0.2) is 23.2 Å². The number of anilines is 1. The maximum atomic E-state index is 13.5. The number of amides is 2. The third-order valence-electron chi connectivity index (χ3n) is 3.70. The minimum atomic E-state index is -1.71. The number of thioether (sulfide) groups is 1. The number of carbonyl (C=O) groups excluding carboxylic acids is 2. The van der Waals surface area contributed by atoms with Crippen molar-refractivity contribution in [3.05, 3.63) is 65.9 Å². The molecular formula is C19H13F4N3O3S. The summed E-state index contributed by atoms with van der Waals surface area (Å²) in [7, 11) is 0. The Morgan fingerprint density at radius 3 is 2.43 bits per heavy atom. The normalized spacial score (nSPS) is 10.7. The molecule has 0 aliphatic rings. The second-order valence-electron chi connectivity index (χ2n) is 5.83. The topological polar surface area (TPSA) is 84.2 Å². The molecule has 0 aliphatic heterocycles.